The van der Waals surface area contributed by atoms with Crippen molar-refractivity contribution in [2.45, 2.75) is 20.4 Å². The van der Waals surface area contributed by atoms with Gasteiger partial charge in [-0.25, -0.2) is 0 Å². The second-order valence-corrected chi connectivity index (χ2v) is 7.56. The Morgan fingerprint density at radius 2 is 1.96 bits per heavy atom. The lowest BCUT2D eigenvalue weighted by molar-refractivity contribution is 0.0921. The molecule has 0 unspecified atom stereocenters. The quantitative estimate of drug-likeness (QED) is 0.527. The smallest absolute Gasteiger partial charge is 0.202 e. The van der Waals surface area contributed by atoms with Crippen LogP contribution >= 0.6 is 27.3 Å². The maximum Gasteiger partial charge on any atom is 0.202 e. The van der Waals surface area contributed by atoms with Crippen molar-refractivity contribution in [3.05, 3.63) is 74.1 Å². The maximum atomic E-state index is 12.5. The molecule has 24 heavy (non-hydrogen) atoms. The van der Waals surface area contributed by atoms with E-state index < -0.39 is 0 Å². The first-order valence-electron chi connectivity index (χ1n) is 7.65. The lowest BCUT2D eigenvalue weighted by atomic mass is 10.1. The third-order valence-electron chi connectivity index (χ3n) is 3.95. The highest BCUT2D eigenvalue weighted by atomic mass is 79.9. The second kappa shape index (κ2) is 7.36. The lowest BCUT2D eigenvalue weighted by Crippen LogP contribution is -2.13. The summed E-state index contributed by atoms with van der Waals surface area (Å²) in [5.41, 5.74) is 2.82. The largest absolute Gasteiger partial charge is 0.485 e. The van der Waals surface area contributed by atoms with Crippen molar-refractivity contribution in [1.29, 1.82) is 0 Å². The molecular weight excluding hydrogens is 386 g/mol. The third-order valence-corrected chi connectivity index (χ3v) is 5.34. The Bertz CT molecular complexity index is 835. The molecule has 0 aliphatic carbocycles. The van der Waals surface area contributed by atoms with Crippen molar-refractivity contribution in [2.24, 2.45) is 0 Å². The minimum absolute atomic E-state index is 0.00319. The molecule has 0 fully saturated rings. The number of hydrogen-bond donors (Lipinski definition) is 0. The van der Waals surface area contributed by atoms with Gasteiger partial charge in [-0.15, -0.1) is 11.3 Å². The first-order chi connectivity index (χ1) is 11.5. The average Bonchev–Trinajstić information content (AvgIpc) is 3.18. The van der Waals surface area contributed by atoms with Gasteiger partial charge in [0.2, 0.25) is 5.78 Å². The van der Waals surface area contributed by atoms with Gasteiger partial charge in [0.05, 0.1) is 6.54 Å². The normalized spacial score (nSPS) is 10.8. The van der Waals surface area contributed by atoms with E-state index in [9.17, 15) is 4.79 Å². The number of aromatic nitrogens is 1. The zero-order chi connectivity index (χ0) is 17.1. The van der Waals surface area contributed by atoms with Crippen LogP contribution in [0, 0.1) is 13.8 Å². The van der Waals surface area contributed by atoms with E-state index in [0.29, 0.717) is 5.75 Å². The SMILES string of the molecule is Cc1cc(C(=O)COc2ccc(Br)cc2)c(C)n1Cc1cccs1. The summed E-state index contributed by atoms with van der Waals surface area (Å²) >= 11 is 5.11. The first kappa shape index (κ1) is 17.0. The number of aryl methyl sites for hydroxylation is 1. The molecule has 0 saturated heterocycles. The summed E-state index contributed by atoms with van der Waals surface area (Å²) in [7, 11) is 0. The molecule has 1 aromatic carbocycles. The van der Waals surface area contributed by atoms with Crippen LogP contribution in [-0.4, -0.2) is 17.0 Å². The van der Waals surface area contributed by atoms with Crippen LogP contribution in [0.2, 0.25) is 0 Å². The molecule has 3 aromatic rings. The van der Waals surface area contributed by atoms with E-state index in [1.54, 1.807) is 11.3 Å². The van der Waals surface area contributed by atoms with Crippen LogP contribution in [0.1, 0.15) is 26.6 Å². The molecule has 0 amide bonds. The Balaban J connectivity index is 1.72. The number of rotatable bonds is 6. The predicted octanol–water partition coefficient (Wildman–Crippen LogP) is 5.24. The standard InChI is InChI=1S/C19H18BrNO2S/c1-13-10-18(14(2)21(13)11-17-4-3-9-24-17)19(22)12-23-16-7-5-15(20)6-8-16/h3-10H,11-12H2,1-2H3. The van der Waals surface area contributed by atoms with E-state index in [4.69, 9.17) is 4.74 Å². The first-order valence-corrected chi connectivity index (χ1v) is 9.32. The van der Waals surface area contributed by atoms with E-state index in [1.807, 2.05) is 50.2 Å². The minimum atomic E-state index is 0.00319. The molecule has 0 atom stereocenters. The summed E-state index contributed by atoms with van der Waals surface area (Å²) < 4.78 is 8.77. The molecule has 0 bridgehead atoms. The van der Waals surface area contributed by atoms with Crippen LogP contribution in [0.3, 0.4) is 0 Å². The number of halogens is 1. The van der Waals surface area contributed by atoms with Gasteiger partial charge >= 0.3 is 0 Å². The van der Waals surface area contributed by atoms with Gasteiger partial charge in [-0.1, -0.05) is 22.0 Å². The summed E-state index contributed by atoms with van der Waals surface area (Å²) in [5.74, 6) is 0.697. The van der Waals surface area contributed by atoms with Crippen LogP contribution in [-0.2, 0) is 6.54 Å². The zero-order valence-corrected chi connectivity index (χ0v) is 16.0. The van der Waals surface area contributed by atoms with Crippen molar-refractivity contribution >= 4 is 33.0 Å². The fraction of sp³-hybridized carbons (Fsp3) is 0.211. The Morgan fingerprint density at radius 1 is 1.21 bits per heavy atom. The molecule has 0 spiro atoms. The number of carbonyl (C=O) groups is 1. The van der Waals surface area contributed by atoms with Gasteiger partial charge in [-0.05, 0) is 55.6 Å². The Kier molecular flexibility index (Phi) is 5.21. The molecule has 3 nitrogen and oxygen atoms in total. The summed E-state index contributed by atoms with van der Waals surface area (Å²) in [4.78, 5) is 13.8. The van der Waals surface area contributed by atoms with Crippen molar-refractivity contribution in [1.82, 2.24) is 4.57 Å². The molecule has 0 radical (unpaired) electrons. The number of hydrogen-bond acceptors (Lipinski definition) is 3. The van der Waals surface area contributed by atoms with E-state index in [1.165, 1.54) is 4.88 Å². The number of Topliss-reactive ketones (excluding diaryl/α,β-unsaturated/α-hetero) is 1. The number of ketones is 1. The molecule has 2 heterocycles. The van der Waals surface area contributed by atoms with Crippen LogP contribution in [0.15, 0.2) is 52.3 Å². The number of nitrogens with zero attached hydrogens (tertiary/aromatic N) is 1. The second-order valence-electron chi connectivity index (χ2n) is 5.62. The third kappa shape index (κ3) is 3.79. The highest BCUT2D eigenvalue weighted by Crippen LogP contribution is 2.21. The van der Waals surface area contributed by atoms with Crippen molar-refractivity contribution in [3.63, 3.8) is 0 Å². The Labute approximate surface area is 154 Å². The van der Waals surface area contributed by atoms with Gasteiger partial charge in [0, 0.05) is 26.3 Å². The van der Waals surface area contributed by atoms with Gasteiger partial charge in [-0.3, -0.25) is 4.79 Å². The van der Waals surface area contributed by atoms with Crippen LogP contribution in [0.4, 0.5) is 0 Å². The highest BCUT2D eigenvalue weighted by molar-refractivity contribution is 9.10. The van der Waals surface area contributed by atoms with Gasteiger partial charge in [0.1, 0.15) is 5.75 Å². The summed E-state index contributed by atoms with van der Waals surface area (Å²) in [6, 6.07) is 13.6. The van der Waals surface area contributed by atoms with Crippen molar-refractivity contribution in [3.8, 4) is 5.75 Å². The van der Waals surface area contributed by atoms with Crippen molar-refractivity contribution in [2.75, 3.05) is 6.61 Å². The van der Waals surface area contributed by atoms with Crippen LogP contribution in [0.5, 0.6) is 5.75 Å². The summed E-state index contributed by atoms with van der Waals surface area (Å²) in [6.07, 6.45) is 0. The monoisotopic (exact) mass is 403 g/mol. The number of ether oxygens (including phenoxy) is 1. The van der Waals surface area contributed by atoms with Gasteiger partial charge in [0.25, 0.3) is 0 Å². The van der Waals surface area contributed by atoms with Gasteiger partial charge < -0.3 is 9.30 Å². The molecule has 2 aromatic heterocycles. The maximum absolute atomic E-state index is 12.5. The van der Waals surface area contributed by atoms with Crippen LogP contribution in [0.25, 0.3) is 0 Å². The lowest BCUT2D eigenvalue weighted by Gasteiger charge is -2.09. The number of thiophene rings is 1. The molecule has 124 valence electrons. The minimum Gasteiger partial charge on any atom is -0.485 e. The highest BCUT2D eigenvalue weighted by Gasteiger charge is 2.16. The molecule has 0 aliphatic rings. The molecule has 0 aliphatic heterocycles. The topological polar surface area (TPSA) is 31.2 Å². The zero-order valence-electron chi connectivity index (χ0n) is 13.6. The fourth-order valence-electron chi connectivity index (χ4n) is 2.64. The predicted molar refractivity (Wildman–Crippen MR) is 101 cm³/mol. The average molecular weight is 404 g/mol. The molecular formula is C19H18BrNO2S. The van der Waals surface area contributed by atoms with Gasteiger partial charge in [0.15, 0.2) is 6.61 Å². The molecule has 3 rings (SSSR count). The molecule has 5 heteroatoms. The van der Waals surface area contributed by atoms with E-state index in [2.05, 4.69) is 31.9 Å². The number of carbonyl (C=O) groups excluding carboxylic acids is 1. The Hall–Kier alpha value is -1.85. The van der Waals surface area contributed by atoms with E-state index >= 15 is 0 Å². The molecule has 0 saturated carbocycles. The van der Waals surface area contributed by atoms with Crippen molar-refractivity contribution < 1.29 is 9.53 Å². The Morgan fingerprint density at radius 3 is 2.62 bits per heavy atom. The summed E-state index contributed by atoms with van der Waals surface area (Å²) in [6.45, 7) is 4.88. The molecule has 0 N–H and O–H groups in total. The van der Waals surface area contributed by atoms with Crippen LogP contribution < -0.4 is 4.74 Å². The summed E-state index contributed by atoms with van der Waals surface area (Å²) in [5, 5.41) is 2.07. The number of benzene rings is 1. The van der Waals surface area contributed by atoms with E-state index in [0.717, 1.165) is 28.0 Å². The fourth-order valence-corrected chi connectivity index (χ4v) is 3.60. The van der Waals surface area contributed by atoms with Gasteiger partial charge in [-0.2, -0.15) is 0 Å². The van der Waals surface area contributed by atoms with E-state index in [-0.39, 0.29) is 12.4 Å².